The fourth-order valence-electron chi connectivity index (χ4n) is 1.44. The van der Waals surface area contributed by atoms with E-state index in [9.17, 15) is 14.4 Å². The lowest BCUT2D eigenvalue weighted by atomic mass is 9.87. The van der Waals surface area contributed by atoms with Crippen molar-refractivity contribution < 1.29 is 24.6 Å². The Balaban J connectivity index is 4.58. The van der Waals surface area contributed by atoms with Crippen LogP contribution in [-0.2, 0) is 9.59 Å². The molecule has 0 aliphatic carbocycles. The van der Waals surface area contributed by atoms with Gasteiger partial charge >= 0.3 is 18.0 Å². The first-order chi connectivity index (χ1) is 8.26. The highest BCUT2D eigenvalue weighted by Crippen LogP contribution is 2.20. The van der Waals surface area contributed by atoms with Gasteiger partial charge in [0.05, 0.1) is 11.8 Å². The number of nitrogens with zero attached hydrogens (tertiary/aromatic N) is 1. The van der Waals surface area contributed by atoms with Crippen LogP contribution in [0, 0.1) is 5.41 Å². The Morgan fingerprint density at radius 3 is 2.00 bits per heavy atom. The molecular formula is C11H20N2O5. The molecule has 0 spiro atoms. The first-order valence-electron chi connectivity index (χ1n) is 5.74. The van der Waals surface area contributed by atoms with Gasteiger partial charge in [-0.25, -0.2) is 4.79 Å². The fraction of sp³-hybridized carbons (Fsp3) is 0.727. The quantitative estimate of drug-likeness (QED) is 0.621. The molecule has 18 heavy (non-hydrogen) atoms. The number of carboxylic acids is 2. The molecule has 0 rings (SSSR count). The number of nitrogens with one attached hydrogen (secondary N) is 1. The van der Waals surface area contributed by atoms with Crippen LogP contribution < -0.4 is 5.32 Å². The summed E-state index contributed by atoms with van der Waals surface area (Å²) >= 11 is 0. The monoisotopic (exact) mass is 260 g/mol. The van der Waals surface area contributed by atoms with E-state index in [2.05, 4.69) is 5.32 Å². The molecule has 2 amide bonds. The zero-order valence-electron chi connectivity index (χ0n) is 10.9. The van der Waals surface area contributed by atoms with Gasteiger partial charge in [0.25, 0.3) is 0 Å². The van der Waals surface area contributed by atoms with E-state index in [1.165, 1.54) is 11.8 Å². The number of hydrogen-bond donors (Lipinski definition) is 3. The summed E-state index contributed by atoms with van der Waals surface area (Å²) in [6.45, 7) is 5.69. The summed E-state index contributed by atoms with van der Waals surface area (Å²) in [6, 6.07) is -0.391. The van der Waals surface area contributed by atoms with E-state index in [0.717, 1.165) is 0 Å². The van der Waals surface area contributed by atoms with Crippen molar-refractivity contribution in [2.75, 3.05) is 19.6 Å². The van der Waals surface area contributed by atoms with Crippen molar-refractivity contribution >= 4 is 18.0 Å². The van der Waals surface area contributed by atoms with Crippen LogP contribution in [0.2, 0.25) is 0 Å². The lowest BCUT2D eigenvalue weighted by Crippen LogP contribution is -2.47. The minimum absolute atomic E-state index is 0.218. The summed E-state index contributed by atoms with van der Waals surface area (Å²) < 4.78 is 0. The van der Waals surface area contributed by atoms with Gasteiger partial charge in [0.2, 0.25) is 0 Å². The Bertz CT molecular complexity index is 327. The molecule has 0 aliphatic heterocycles. The van der Waals surface area contributed by atoms with Crippen molar-refractivity contribution in [1.82, 2.24) is 10.2 Å². The van der Waals surface area contributed by atoms with Crippen LogP contribution in [0.25, 0.3) is 0 Å². The van der Waals surface area contributed by atoms with E-state index < -0.39 is 29.8 Å². The third-order valence-corrected chi connectivity index (χ3v) is 2.74. The van der Waals surface area contributed by atoms with Gasteiger partial charge in [0.1, 0.15) is 0 Å². The molecule has 0 heterocycles. The van der Waals surface area contributed by atoms with E-state index in [1.807, 2.05) is 0 Å². The highest BCUT2D eigenvalue weighted by molar-refractivity contribution is 5.82. The average molecular weight is 260 g/mol. The summed E-state index contributed by atoms with van der Waals surface area (Å²) in [7, 11) is 0. The Morgan fingerprint density at radius 1 is 1.17 bits per heavy atom. The van der Waals surface area contributed by atoms with Crippen molar-refractivity contribution in [3.63, 3.8) is 0 Å². The number of rotatable bonds is 7. The second-order valence-corrected chi connectivity index (χ2v) is 4.27. The van der Waals surface area contributed by atoms with Crippen LogP contribution in [-0.4, -0.2) is 52.7 Å². The standard InChI is InChI=1S/C11H20N2O5/c1-4-13(5-2)10(18)12-7-11(3,9(16)17)6-8(14)15/h4-7H2,1-3H3,(H,12,18)(H,14,15)(H,16,17). The molecular weight excluding hydrogens is 240 g/mol. The third-order valence-electron chi connectivity index (χ3n) is 2.74. The zero-order chi connectivity index (χ0) is 14.3. The largest absolute Gasteiger partial charge is 0.481 e. The van der Waals surface area contributed by atoms with Gasteiger partial charge in [-0.05, 0) is 20.8 Å². The van der Waals surface area contributed by atoms with E-state index in [4.69, 9.17) is 10.2 Å². The van der Waals surface area contributed by atoms with Crippen molar-refractivity contribution in [3.8, 4) is 0 Å². The SMILES string of the molecule is CCN(CC)C(=O)NCC(C)(CC(=O)O)C(=O)O. The second-order valence-electron chi connectivity index (χ2n) is 4.27. The molecule has 7 nitrogen and oxygen atoms in total. The van der Waals surface area contributed by atoms with Gasteiger partial charge in [-0.1, -0.05) is 0 Å². The summed E-state index contributed by atoms with van der Waals surface area (Å²) in [5, 5.41) is 20.2. The first-order valence-corrected chi connectivity index (χ1v) is 5.74. The summed E-state index contributed by atoms with van der Waals surface area (Å²) in [5.74, 6) is -2.46. The molecule has 104 valence electrons. The molecule has 0 aromatic heterocycles. The number of carboxylic acid groups (broad SMARTS) is 2. The average Bonchev–Trinajstić information content (AvgIpc) is 2.27. The lowest BCUT2D eigenvalue weighted by Gasteiger charge is -2.26. The van der Waals surface area contributed by atoms with Crippen LogP contribution in [0.4, 0.5) is 4.79 Å². The Labute approximate surface area is 106 Å². The fourth-order valence-corrected chi connectivity index (χ4v) is 1.44. The van der Waals surface area contributed by atoms with E-state index in [1.54, 1.807) is 13.8 Å². The first kappa shape index (κ1) is 16.2. The third kappa shape index (κ3) is 4.60. The van der Waals surface area contributed by atoms with Crippen LogP contribution in [0.1, 0.15) is 27.2 Å². The van der Waals surface area contributed by atoms with Crippen molar-refractivity contribution in [1.29, 1.82) is 0 Å². The van der Waals surface area contributed by atoms with Gasteiger partial charge in [0.15, 0.2) is 0 Å². The van der Waals surface area contributed by atoms with Crippen LogP contribution in [0.3, 0.4) is 0 Å². The summed E-state index contributed by atoms with van der Waals surface area (Å²) in [4.78, 5) is 34.8. The van der Waals surface area contributed by atoms with Crippen LogP contribution in [0.15, 0.2) is 0 Å². The molecule has 0 aliphatic rings. The molecule has 0 aromatic rings. The van der Waals surface area contributed by atoms with Gasteiger partial charge < -0.3 is 20.4 Å². The predicted molar refractivity (Wildman–Crippen MR) is 64.3 cm³/mol. The number of carbonyl (C=O) groups is 3. The highest BCUT2D eigenvalue weighted by Gasteiger charge is 2.36. The maximum absolute atomic E-state index is 11.6. The molecule has 0 aromatic carbocycles. The van der Waals surface area contributed by atoms with Crippen LogP contribution >= 0.6 is 0 Å². The highest BCUT2D eigenvalue weighted by atomic mass is 16.4. The molecule has 0 saturated carbocycles. The summed E-state index contributed by atoms with van der Waals surface area (Å²) in [5.41, 5.74) is -1.51. The topological polar surface area (TPSA) is 107 Å². The normalized spacial score (nSPS) is 13.5. The Morgan fingerprint density at radius 2 is 1.67 bits per heavy atom. The van der Waals surface area contributed by atoms with Gasteiger partial charge in [0, 0.05) is 19.6 Å². The number of urea groups is 1. The zero-order valence-corrected chi connectivity index (χ0v) is 10.9. The second kappa shape index (κ2) is 6.83. The van der Waals surface area contributed by atoms with Crippen molar-refractivity contribution in [2.24, 2.45) is 5.41 Å². The molecule has 7 heteroatoms. The molecule has 0 fully saturated rings. The maximum Gasteiger partial charge on any atom is 0.317 e. The molecule has 1 unspecified atom stereocenters. The minimum atomic E-state index is -1.51. The number of aliphatic carboxylic acids is 2. The van der Waals surface area contributed by atoms with Gasteiger partial charge in [-0.3, -0.25) is 9.59 Å². The Kier molecular flexibility index (Phi) is 6.15. The van der Waals surface area contributed by atoms with Crippen molar-refractivity contribution in [3.05, 3.63) is 0 Å². The van der Waals surface area contributed by atoms with Crippen LogP contribution in [0.5, 0.6) is 0 Å². The number of hydrogen-bond acceptors (Lipinski definition) is 3. The minimum Gasteiger partial charge on any atom is -0.481 e. The van der Waals surface area contributed by atoms with E-state index in [0.29, 0.717) is 13.1 Å². The number of carbonyl (C=O) groups excluding carboxylic acids is 1. The summed E-state index contributed by atoms with van der Waals surface area (Å²) in [6.07, 6.45) is -0.541. The molecule has 0 saturated heterocycles. The molecule has 0 radical (unpaired) electrons. The van der Waals surface area contributed by atoms with E-state index in [-0.39, 0.29) is 6.54 Å². The van der Waals surface area contributed by atoms with Gasteiger partial charge in [-0.2, -0.15) is 0 Å². The maximum atomic E-state index is 11.6. The molecule has 3 N–H and O–H groups in total. The molecule has 0 bridgehead atoms. The van der Waals surface area contributed by atoms with Crippen molar-refractivity contribution in [2.45, 2.75) is 27.2 Å². The molecule has 1 atom stereocenters. The Hall–Kier alpha value is -1.79. The lowest BCUT2D eigenvalue weighted by molar-refractivity contribution is -0.154. The van der Waals surface area contributed by atoms with E-state index >= 15 is 0 Å². The predicted octanol–water partition coefficient (Wildman–Crippen LogP) is 0.603. The smallest absolute Gasteiger partial charge is 0.317 e. The van der Waals surface area contributed by atoms with Gasteiger partial charge in [-0.15, -0.1) is 0 Å². The number of amides is 2.